The zero-order valence-corrected chi connectivity index (χ0v) is 7.06. The van der Waals surface area contributed by atoms with E-state index in [4.69, 9.17) is 4.42 Å². The maximum Gasteiger partial charge on any atom is 0.170 e. The van der Waals surface area contributed by atoms with Crippen LogP contribution in [-0.4, -0.2) is 0 Å². The van der Waals surface area contributed by atoms with Crippen LogP contribution in [0.4, 0.5) is 0 Å². The van der Waals surface area contributed by atoms with E-state index >= 15 is 0 Å². The fourth-order valence-corrected chi connectivity index (χ4v) is 1.32. The number of rotatable bonds is 0. The Labute approximate surface area is 63.4 Å². The highest BCUT2D eigenvalue weighted by Gasteiger charge is 1.89. The molecule has 1 aromatic heterocycles. The summed E-state index contributed by atoms with van der Waals surface area (Å²) in [5.41, 5.74) is 0. The smallest absolute Gasteiger partial charge is 0.170 e. The standard InChI is InChI=1S/C4H2BrIO/c5-3-1-2-4(6)7-3/h1-2H. The lowest BCUT2D eigenvalue weighted by Crippen LogP contribution is -1.46. The summed E-state index contributed by atoms with van der Waals surface area (Å²) in [5.74, 6) is 0. The zero-order chi connectivity index (χ0) is 5.28. The van der Waals surface area contributed by atoms with Crippen LogP contribution in [-0.2, 0) is 0 Å². The summed E-state index contributed by atoms with van der Waals surface area (Å²) in [6.45, 7) is 0. The predicted octanol–water partition coefficient (Wildman–Crippen LogP) is 2.65. The first kappa shape index (κ1) is 5.62. The van der Waals surface area contributed by atoms with E-state index in [2.05, 4.69) is 38.5 Å². The second-order valence-corrected chi connectivity index (χ2v) is 2.89. The van der Waals surface area contributed by atoms with Gasteiger partial charge in [0.2, 0.25) is 0 Å². The molecule has 0 saturated carbocycles. The van der Waals surface area contributed by atoms with Crippen LogP contribution in [0.15, 0.2) is 21.2 Å². The Morgan fingerprint density at radius 2 is 2.29 bits per heavy atom. The second kappa shape index (κ2) is 2.17. The van der Waals surface area contributed by atoms with Crippen LogP contribution in [0.25, 0.3) is 0 Å². The fourth-order valence-electron chi connectivity index (χ4n) is 0.292. The molecule has 1 heterocycles. The molecule has 0 aromatic carbocycles. The van der Waals surface area contributed by atoms with Crippen molar-refractivity contribution in [1.29, 1.82) is 0 Å². The third kappa shape index (κ3) is 1.45. The van der Waals surface area contributed by atoms with Crippen LogP contribution >= 0.6 is 38.5 Å². The Morgan fingerprint density at radius 1 is 1.57 bits per heavy atom. The molecule has 1 rings (SSSR count). The molecule has 0 bridgehead atoms. The minimum absolute atomic E-state index is 0.789. The van der Waals surface area contributed by atoms with Crippen LogP contribution < -0.4 is 0 Å². The highest BCUT2D eigenvalue weighted by molar-refractivity contribution is 14.1. The third-order valence-electron chi connectivity index (χ3n) is 0.540. The largest absolute Gasteiger partial charge is 0.444 e. The molecule has 0 amide bonds. The molecule has 0 spiro atoms. The first-order valence-electron chi connectivity index (χ1n) is 1.70. The van der Waals surface area contributed by atoms with Crippen LogP contribution in [0, 0.1) is 3.77 Å². The van der Waals surface area contributed by atoms with Gasteiger partial charge in [-0.2, -0.15) is 0 Å². The van der Waals surface area contributed by atoms with E-state index in [0.29, 0.717) is 0 Å². The zero-order valence-electron chi connectivity index (χ0n) is 3.32. The molecule has 0 fully saturated rings. The van der Waals surface area contributed by atoms with Gasteiger partial charge in [0.25, 0.3) is 0 Å². The molecule has 0 aliphatic heterocycles. The van der Waals surface area contributed by atoms with Crippen molar-refractivity contribution < 1.29 is 4.42 Å². The van der Waals surface area contributed by atoms with E-state index in [1.807, 2.05) is 12.1 Å². The molecule has 1 nitrogen and oxygen atoms in total. The quantitative estimate of drug-likeness (QED) is 0.662. The Hall–Kier alpha value is 0.490. The molecule has 1 aromatic rings. The van der Waals surface area contributed by atoms with Crippen molar-refractivity contribution in [2.24, 2.45) is 0 Å². The Kier molecular flexibility index (Phi) is 1.74. The van der Waals surface area contributed by atoms with Crippen molar-refractivity contribution in [3.05, 3.63) is 20.6 Å². The molecule has 0 aliphatic carbocycles. The Bertz CT molecular complexity index is 144. The van der Waals surface area contributed by atoms with Gasteiger partial charge in [0, 0.05) is 0 Å². The van der Waals surface area contributed by atoms with E-state index in [0.717, 1.165) is 8.44 Å². The summed E-state index contributed by atoms with van der Waals surface area (Å²) in [6.07, 6.45) is 0. The highest BCUT2D eigenvalue weighted by Crippen LogP contribution is 2.14. The number of hydrogen-bond donors (Lipinski definition) is 0. The molecular formula is C4H2BrIO. The van der Waals surface area contributed by atoms with Gasteiger partial charge in [-0.25, -0.2) is 0 Å². The van der Waals surface area contributed by atoms with Gasteiger partial charge < -0.3 is 4.42 Å². The average molecular weight is 273 g/mol. The van der Waals surface area contributed by atoms with Crippen molar-refractivity contribution >= 4 is 38.5 Å². The van der Waals surface area contributed by atoms with Crippen molar-refractivity contribution in [3.8, 4) is 0 Å². The first-order chi connectivity index (χ1) is 3.29. The average Bonchev–Trinajstić information content (AvgIpc) is 1.87. The Balaban J connectivity index is 3.04. The van der Waals surface area contributed by atoms with Gasteiger partial charge in [0.05, 0.1) is 0 Å². The van der Waals surface area contributed by atoms with Gasteiger partial charge in [-0.3, -0.25) is 0 Å². The lowest BCUT2D eigenvalue weighted by Gasteiger charge is -1.72. The van der Waals surface area contributed by atoms with E-state index < -0.39 is 0 Å². The topological polar surface area (TPSA) is 13.1 Å². The summed E-state index contributed by atoms with van der Waals surface area (Å²) in [7, 11) is 0. The maximum atomic E-state index is 4.99. The minimum atomic E-state index is 0.789. The van der Waals surface area contributed by atoms with Crippen molar-refractivity contribution in [3.63, 3.8) is 0 Å². The molecule has 38 valence electrons. The summed E-state index contributed by atoms with van der Waals surface area (Å²) in [6, 6.07) is 3.76. The molecule has 0 saturated heterocycles. The molecular weight excluding hydrogens is 271 g/mol. The van der Waals surface area contributed by atoms with Crippen LogP contribution in [0.3, 0.4) is 0 Å². The van der Waals surface area contributed by atoms with Gasteiger partial charge in [-0.05, 0) is 50.7 Å². The molecule has 0 aliphatic rings. The second-order valence-electron chi connectivity index (χ2n) is 1.04. The normalized spacial score (nSPS) is 9.43. The summed E-state index contributed by atoms with van der Waals surface area (Å²) in [5, 5.41) is 0. The number of furan rings is 1. The molecule has 3 heteroatoms. The summed E-state index contributed by atoms with van der Waals surface area (Å²) < 4.78 is 6.68. The molecule has 0 atom stereocenters. The van der Waals surface area contributed by atoms with Crippen molar-refractivity contribution in [2.45, 2.75) is 0 Å². The Morgan fingerprint density at radius 3 is 2.43 bits per heavy atom. The molecule has 0 unspecified atom stereocenters. The van der Waals surface area contributed by atoms with Gasteiger partial charge >= 0.3 is 0 Å². The first-order valence-corrected chi connectivity index (χ1v) is 3.57. The van der Waals surface area contributed by atoms with Gasteiger partial charge in [0.15, 0.2) is 8.44 Å². The molecule has 0 radical (unpaired) electrons. The maximum absolute atomic E-state index is 4.99. The van der Waals surface area contributed by atoms with Crippen LogP contribution in [0.5, 0.6) is 0 Å². The predicted molar refractivity (Wildman–Crippen MR) is 39.1 cm³/mol. The van der Waals surface area contributed by atoms with E-state index in [-0.39, 0.29) is 0 Å². The SMILES string of the molecule is Brc1ccc(I)o1. The highest BCUT2D eigenvalue weighted by atomic mass is 127. The molecule has 0 N–H and O–H groups in total. The van der Waals surface area contributed by atoms with Gasteiger partial charge in [-0.1, -0.05) is 0 Å². The van der Waals surface area contributed by atoms with Crippen molar-refractivity contribution in [2.75, 3.05) is 0 Å². The fraction of sp³-hybridized carbons (Fsp3) is 0. The third-order valence-corrected chi connectivity index (χ3v) is 1.55. The summed E-state index contributed by atoms with van der Waals surface area (Å²) in [4.78, 5) is 0. The van der Waals surface area contributed by atoms with Gasteiger partial charge in [-0.15, -0.1) is 0 Å². The van der Waals surface area contributed by atoms with E-state index in [1.165, 1.54) is 0 Å². The lowest BCUT2D eigenvalue weighted by atomic mass is 10.7. The monoisotopic (exact) mass is 272 g/mol. The van der Waals surface area contributed by atoms with Gasteiger partial charge in [0.1, 0.15) is 0 Å². The van der Waals surface area contributed by atoms with Crippen LogP contribution in [0.1, 0.15) is 0 Å². The van der Waals surface area contributed by atoms with E-state index in [9.17, 15) is 0 Å². The lowest BCUT2D eigenvalue weighted by molar-refractivity contribution is 0.513. The minimum Gasteiger partial charge on any atom is -0.444 e. The van der Waals surface area contributed by atoms with Crippen LogP contribution in [0.2, 0.25) is 0 Å². The molecule has 7 heavy (non-hydrogen) atoms. The van der Waals surface area contributed by atoms with E-state index in [1.54, 1.807) is 0 Å². The number of halogens is 2. The summed E-state index contributed by atoms with van der Waals surface area (Å²) >= 11 is 5.26. The number of hydrogen-bond acceptors (Lipinski definition) is 1. The van der Waals surface area contributed by atoms with Crippen molar-refractivity contribution in [1.82, 2.24) is 0 Å².